The zero-order valence-electron chi connectivity index (χ0n) is 12.3. The van der Waals surface area contributed by atoms with E-state index in [0.29, 0.717) is 18.7 Å². The van der Waals surface area contributed by atoms with Crippen molar-refractivity contribution in [3.05, 3.63) is 52.2 Å². The van der Waals surface area contributed by atoms with Crippen LogP contribution in [0.1, 0.15) is 24.3 Å². The standard InChI is InChI=1S/C16H20N2OS.ClH/c1-16(2,14-4-3-9-20-14)11-18-15(19)10-12-5-7-13(17)8-6-12;/h3-9H,10-11,17H2,1-2H3,(H,18,19);1H. The van der Waals surface area contributed by atoms with E-state index in [1.165, 1.54) is 4.88 Å². The lowest BCUT2D eigenvalue weighted by Crippen LogP contribution is -2.36. The van der Waals surface area contributed by atoms with Crippen molar-refractivity contribution in [3.8, 4) is 0 Å². The number of halogens is 1. The van der Waals surface area contributed by atoms with Crippen molar-refractivity contribution in [2.45, 2.75) is 25.7 Å². The van der Waals surface area contributed by atoms with Crippen LogP contribution in [-0.4, -0.2) is 12.5 Å². The number of nitrogen functional groups attached to an aromatic ring is 1. The lowest BCUT2D eigenvalue weighted by Gasteiger charge is -2.23. The molecule has 0 unspecified atom stereocenters. The van der Waals surface area contributed by atoms with Gasteiger partial charge in [-0.2, -0.15) is 0 Å². The van der Waals surface area contributed by atoms with Crippen LogP contribution < -0.4 is 11.1 Å². The number of hydrogen-bond acceptors (Lipinski definition) is 3. The molecule has 0 atom stereocenters. The first-order chi connectivity index (χ1) is 9.47. The molecule has 0 fully saturated rings. The summed E-state index contributed by atoms with van der Waals surface area (Å²) < 4.78 is 0. The van der Waals surface area contributed by atoms with Crippen LogP contribution in [0.4, 0.5) is 5.69 Å². The molecule has 0 bridgehead atoms. The van der Waals surface area contributed by atoms with Crippen molar-refractivity contribution in [2.75, 3.05) is 12.3 Å². The molecule has 1 aromatic carbocycles. The molecule has 0 saturated carbocycles. The van der Waals surface area contributed by atoms with Gasteiger partial charge in [-0.1, -0.05) is 32.0 Å². The Morgan fingerprint density at radius 2 is 1.90 bits per heavy atom. The Morgan fingerprint density at radius 1 is 1.24 bits per heavy atom. The van der Waals surface area contributed by atoms with Gasteiger partial charge in [0.15, 0.2) is 0 Å². The number of hydrogen-bond donors (Lipinski definition) is 2. The van der Waals surface area contributed by atoms with Gasteiger partial charge in [-0.3, -0.25) is 4.79 Å². The minimum Gasteiger partial charge on any atom is -0.399 e. The summed E-state index contributed by atoms with van der Waals surface area (Å²) in [6, 6.07) is 11.6. The second-order valence-corrected chi connectivity index (χ2v) is 6.50. The first kappa shape index (κ1) is 17.5. The van der Waals surface area contributed by atoms with Crippen LogP contribution in [-0.2, 0) is 16.6 Å². The van der Waals surface area contributed by atoms with Gasteiger partial charge in [0.05, 0.1) is 6.42 Å². The van der Waals surface area contributed by atoms with Gasteiger partial charge in [-0.25, -0.2) is 0 Å². The molecule has 2 aromatic rings. The van der Waals surface area contributed by atoms with Gasteiger partial charge in [-0.15, -0.1) is 23.7 Å². The third-order valence-electron chi connectivity index (χ3n) is 3.26. The zero-order chi connectivity index (χ0) is 14.6. The third kappa shape index (κ3) is 5.06. The molecule has 0 aliphatic heterocycles. The van der Waals surface area contributed by atoms with Crippen molar-refractivity contribution in [2.24, 2.45) is 0 Å². The molecule has 3 N–H and O–H groups in total. The molecule has 1 heterocycles. The third-order valence-corrected chi connectivity index (χ3v) is 4.50. The van der Waals surface area contributed by atoms with E-state index in [4.69, 9.17) is 5.73 Å². The Balaban J connectivity index is 0.00000220. The summed E-state index contributed by atoms with van der Waals surface area (Å²) in [5, 5.41) is 5.07. The summed E-state index contributed by atoms with van der Waals surface area (Å²) in [5.74, 6) is 0.0411. The predicted octanol–water partition coefficient (Wildman–Crippen LogP) is 3.39. The molecule has 0 radical (unpaired) electrons. The van der Waals surface area contributed by atoms with Gasteiger partial charge < -0.3 is 11.1 Å². The Hall–Kier alpha value is -1.52. The molecule has 0 spiro atoms. The van der Waals surface area contributed by atoms with Crippen LogP contribution in [0.15, 0.2) is 41.8 Å². The fourth-order valence-electron chi connectivity index (χ4n) is 1.95. The van der Waals surface area contributed by atoms with Gasteiger partial charge in [-0.05, 0) is 29.1 Å². The monoisotopic (exact) mass is 324 g/mol. The highest BCUT2D eigenvalue weighted by molar-refractivity contribution is 7.10. The summed E-state index contributed by atoms with van der Waals surface area (Å²) in [7, 11) is 0. The minimum atomic E-state index is -0.0368. The highest BCUT2D eigenvalue weighted by atomic mass is 35.5. The molecule has 114 valence electrons. The number of carbonyl (C=O) groups excluding carboxylic acids is 1. The lowest BCUT2D eigenvalue weighted by atomic mass is 9.91. The van der Waals surface area contributed by atoms with Crippen molar-refractivity contribution in [1.29, 1.82) is 0 Å². The SMILES string of the molecule is CC(C)(CNC(=O)Cc1ccc(N)cc1)c1cccs1.Cl. The highest BCUT2D eigenvalue weighted by Crippen LogP contribution is 2.26. The number of nitrogens with two attached hydrogens (primary N) is 1. The van der Waals surface area contributed by atoms with Crippen LogP contribution in [0.25, 0.3) is 0 Å². The molecular weight excluding hydrogens is 304 g/mol. The van der Waals surface area contributed by atoms with Crippen LogP contribution in [0.2, 0.25) is 0 Å². The fourth-order valence-corrected chi connectivity index (χ4v) is 2.81. The molecule has 1 amide bonds. The highest BCUT2D eigenvalue weighted by Gasteiger charge is 2.22. The first-order valence-corrected chi connectivity index (χ1v) is 7.50. The first-order valence-electron chi connectivity index (χ1n) is 6.62. The number of amides is 1. The van der Waals surface area contributed by atoms with Gasteiger partial charge in [0.2, 0.25) is 5.91 Å². The second kappa shape index (κ2) is 7.48. The molecular formula is C16H21ClN2OS. The smallest absolute Gasteiger partial charge is 0.224 e. The number of benzene rings is 1. The maximum absolute atomic E-state index is 12.0. The normalized spacial score (nSPS) is 10.8. The Morgan fingerprint density at radius 3 is 2.48 bits per heavy atom. The van der Waals surface area contributed by atoms with Gasteiger partial charge in [0.25, 0.3) is 0 Å². The average molecular weight is 325 g/mol. The Bertz CT molecular complexity index is 564. The molecule has 0 aliphatic rings. The van der Waals surface area contributed by atoms with E-state index in [0.717, 1.165) is 5.56 Å². The molecule has 3 nitrogen and oxygen atoms in total. The second-order valence-electron chi connectivity index (χ2n) is 5.56. The van der Waals surface area contributed by atoms with Crippen molar-refractivity contribution < 1.29 is 4.79 Å². The van der Waals surface area contributed by atoms with Gasteiger partial charge in [0.1, 0.15) is 0 Å². The quantitative estimate of drug-likeness (QED) is 0.828. The summed E-state index contributed by atoms with van der Waals surface area (Å²) in [5.41, 5.74) is 7.28. The summed E-state index contributed by atoms with van der Waals surface area (Å²) in [4.78, 5) is 13.3. The van der Waals surface area contributed by atoms with E-state index >= 15 is 0 Å². The van der Waals surface area contributed by atoms with E-state index in [2.05, 4.69) is 30.6 Å². The minimum absolute atomic E-state index is 0. The Labute approximate surface area is 136 Å². The topological polar surface area (TPSA) is 55.1 Å². The van der Waals surface area contributed by atoms with E-state index in [-0.39, 0.29) is 23.7 Å². The Kier molecular flexibility index (Phi) is 6.24. The summed E-state index contributed by atoms with van der Waals surface area (Å²) >= 11 is 1.72. The van der Waals surface area contributed by atoms with Crippen LogP contribution in [0.5, 0.6) is 0 Å². The lowest BCUT2D eigenvalue weighted by molar-refractivity contribution is -0.120. The van der Waals surface area contributed by atoms with E-state index in [9.17, 15) is 4.79 Å². The molecule has 21 heavy (non-hydrogen) atoms. The number of anilines is 1. The van der Waals surface area contributed by atoms with E-state index in [1.807, 2.05) is 30.3 Å². The molecule has 0 saturated heterocycles. The molecule has 5 heteroatoms. The van der Waals surface area contributed by atoms with Crippen molar-refractivity contribution >= 4 is 35.3 Å². The molecule has 1 aromatic heterocycles. The van der Waals surface area contributed by atoms with Crippen molar-refractivity contribution in [3.63, 3.8) is 0 Å². The maximum Gasteiger partial charge on any atom is 0.224 e. The summed E-state index contributed by atoms with van der Waals surface area (Å²) in [6.45, 7) is 4.92. The average Bonchev–Trinajstić information content (AvgIpc) is 2.94. The predicted molar refractivity (Wildman–Crippen MR) is 92.2 cm³/mol. The van der Waals surface area contributed by atoms with Crippen LogP contribution in [0, 0.1) is 0 Å². The fraction of sp³-hybridized carbons (Fsp3) is 0.312. The number of carbonyl (C=O) groups is 1. The summed E-state index contributed by atoms with van der Waals surface area (Å²) in [6.07, 6.45) is 0.390. The number of rotatable bonds is 5. The zero-order valence-corrected chi connectivity index (χ0v) is 13.9. The number of nitrogens with one attached hydrogen (secondary N) is 1. The maximum atomic E-state index is 12.0. The molecule has 0 aliphatic carbocycles. The van der Waals surface area contributed by atoms with Crippen molar-refractivity contribution in [1.82, 2.24) is 5.32 Å². The van der Waals surface area contributed by atoms with Crippen LogP contribution in [0.3, 0.4) is 0 Å². The van der Waals surface area contributed by atoms with E-state index in [1.54, 1.807) is 11.3 Å². The largest absolute Gasteiger partial charge is 0.399 e. The van der Waals surface area contributed by atoms with Crippen LogP contribution >= 0.6 is 23.7 Å². The molecule has 2 rings (SSSR count). The number of thiophene rings is 1. The van der Waals surface area contributed by atoms with Gasteiger partial charge >= 0.3 is 0 Å². The van der Waals surface area contributed by atoms with E-state index < -0.39 is 0 Å². The van der Waals surface area contributed by atoms with Gasteiger partial charge in [0, 0.05) is 22.5 Å².